The molecule has 1 aliphatic carbocycles. The third kappa shape index (κ3) is 2.38. The summed E-state index contributed by atoms with van der Waals surface area (Å²) >= 11 is 5.58. The molecular weight excluding hydrogens is 438 g/mol. The minimum Gasteiger partial charge on any atom is -0.361 e. The number of nitrogens with zero attached hydrogens (tertiary/aromatic N) is 1. The number of benzene rings is 3. The molecule has 4 aromatic rings. The highest BCUT2D eigenvalue weighted by molar-refractivity contribution is 8.05. The van der Waals surface area contributed by atoms with Crippen LogP contribution >= 0.6 is 34.9 Å². The van der Waals surface area contributed by atoms with Crippen LogP contribution < -0.4 is 9.88 Å². The van der Waals surface area contributed by atoms with Crippen LogP contribution in [0.2, 0.25) is 0 Å². The summed E-state index contributed by atoms with van der Waals surface area (Å²) in [6.45, 7) is 0. The topological polar surface area (TPSA) is 22.1 Å². The first-order chi connectivity index (χ1) is 15.3. The van der Waals surface area contributed by atoms with Crippen molar-refractivity contribution in [3.63, 3.8) is 0 Å². The van der Waals surface area contributed by atoms with E-state index in [1.54, 1.807) is 11.3 Å². The van der Waals surface area contributed by atoms with E-state index in [9.17, 15) is 0 Å². The van der Waals surface area contributed by atoms with Crippen molar-refractivity contribution in [2.75, 3.05) is 7.11 Å². The first-order valence-electron chi connectivity index (χ1n) is 10.2. The molecular formula is C26H17NOS3. The maximum atomic E-state index is 6.47. The highest BCUT2D eigenvalue weighted by Crippen LogP contribution is 2.62. The van der Waals surface area contributed by atoms with Crippen LogP contribution in [0.4, 0.5) is 0 Å². The minimum absolute atomic E-state index is 0.167. The van der Waals surface area contributed by atoms with Gasteiger partial charge in [0.2, 0.25) is 0 Å². The lowest BCUT2D eigenvalue weighted by atomic mass is 9.88. The van der Waals surface area contributed by atoms with Crippen LogP contribution in [0.25, 0.3) is 21.7 Å². The van der Waals surface area contributed by atoms with Crippen LogP contribution in [-0.4, -0.2) is 22.3 Å². The molecule has 150 valence electrons. The van der Waals surface area contributed by atoms with Gasteiger partial charge in [-0.05, 0) is 23.3 Å². The van der Waals surface area contributed by atoms with Gasteiger partial charge in [-0.2, -0.15) is 0 Å². The van der Waals surface area contributed by atoms with E-state index < -0.39 is 4.93 Å². The van der Waals surface area contributed by atoms with Gasteiger partial charge in [-0.1, -0.05) is 78.5 Å². The number of thioether (sulfide) groups is 2. The zero-order chi connectivity index (χ0) is 20.6. The van der Waals surface area contributed by atoms with Gasteiger partial charge in [0.05, 0.1) is 15.1 Å². The number of hydrogen-bond donors (Lipinski definition) is 0. The Balaban J connectivity index is 1.66. The van der Waals surface area contributed by atoms with E-state index in [0.717, 1.165) is 10.4 Å². The Bertz CT molecular complexity index is 1490. The summed E-state index contributed by atoms with van der Waals surface area (Å²) < 4.78 is 7.72. The van der Waals surface area contributed by atoms with Gasteiger partial charge < -0.3 is 4.74 Å². The van der Waals surface area contributed by atoms with Crippen molar-refractivity contribution in [1.29, 1.82) is 0 Å². The monoisotopic (exact) mass is 455 g/mol. The van der Waals surface area contributed by atoms with Crippen LogP contribution in [0.5, 0.6) is 0 Å². The molecule has 2 atom stereocenters. The Morgan fingerprint density at radius 1 is 0.839 bits per heavy atom. The van der Waals surface area contributed by atoms with Crippen LogP contribution in [0.1, 0.15) is 11.1 Å². The van der Waals surface area contributed by atoms with E-state index in [-0.39, 0.29) is 5.25 Å². The third-order valence-electron chi connectivity index (χ3n) is 6.23. The van der Waals surface area contributed by atoms with Crippen LogP contribution in [0, 0.1) is 0 Å². The molecule has 0 radical (unpaired) electrons. The second kappa shape index (κ2) is 6.59. The SMILES string of the molecule is COC12Sc3ccccc3C1=c1sc(-c3ccccc3)nc1=C1c3ccccc3SC12. The molecule has 0 fully saturated rings. The van der Waals surface area contributed by atoms with Gasteiger partial charge in [0.1, 0.15) is 5.01 Å². The number of fused-ring (bicyclic) bond motifs is 8. The zero-order valence-corrected chi connectivity index (χ0v) is 19.1. The van der Waals surface area contributed by atoms with Crippen LogP contribution in [-0.2, 0) is 4.74 Å². The molecule has 3 aromatic carbocycles. The standard InChI is InChI=1S/C26H17NOS3/c1-28-26-21(17-12-6-8-14-19(17)31-26)23-22(27-25(30-23)15-9-3-2-4-10-15)20-16-11-5-7-13-18(16)29-24(20)26/h2-14,24H,1H3. The molecule has 0 N–H and O–H groups in total. The fourth-order valence-corrected chi connectivity index (χ4v) is 9.27. The molecule has 0 saturated carbocycles. The van der Waals surface area contributed by atoms with E-state index in [1.165, 1.54) is 42.2 Å². The quantitative estimate of drug-likeness (QED) is 0.417. The summed E-state index contributed by atoms with van der Waals surface area (Å²) in [6.07, 6.45) is 0. The Labute approximate surface area is 192 Å². The van der Waals surface area contributed by atoms with Crippen molar-refractivity contribution in [1.82, 2.24) is 4.98 Å². The van der Waals surface area contributed by atoms with Crippen molar-refractivity contribution in [3.8, 4) is 10.6 Å². The number of rotatable bonds is 2. The molecule has 0 amide bonds. The first kappa shape index (κ1) is 18.3. The zero-order valence-electron chi connectivity index (χ0n) is 16.7. The number of hydrogen-bond acceptors (Lipinski definition) is 5. The fourth-order valence-electron chi connectivity index (χ4n) is 4.89. The number of methoxy groups -OCH3 is 1. The predicted molar refractivity (Wildman–Crippen MR) is 130 cm³/mol. The summed E-state index contributed by atoms with van der Waals surface area (Å²) in [5.74, 6) is 0. The molecule has 2 aliphatic heterocycles. The maximum Gasteiger partial charge on any atom is 0.161 e. The average Bonchev–Trinajstić information content (AvgIpc) is 3.51. The molecule has 5 heteroatoms. The van der Waals surface area contributed by atoms with E-state index >= 15 is 0 Å². The molecule has 3 aliphatic rings. The van der Waals surface area contributed by atoms with Crippen LogP contribution in [0.15, 0.2) is 88.7 Å². The van der Waals surface area contributed by atoms with Gasteiger partial charge in [-0.3, -0.25) is 0 Å². The van der Waals surface area contributed by atoms with Crippen molar-refractivity contribution >= 4 is 46.0 Å². The predicted octanol–water partition coefficient (Wildman–Crippen LogP) is 5.14. The Morgan fingerprint density at radius 3 is 2.35 bits per heavy atom. The molecule has 2 unspecified atom stereocenters. The van der Waals surface area contributed by atoms with Gasteiger partial charge in [0, 0.05) is 33.6 Å². The van der Waals surface area contributed by atoms with E-state index in [0.29, 0.717) is 0 Å². The maximum absolute atomic E-state index is 6.47. The molecule has 3 heterocycles. The lowest BCUT2D eigenvalue weighted by Crippen LogP contribution is -2.49. The van der Waals surface area contributed by atoms with Crippen molar-refractivity contribution in [3.05, 3.63) is 99.9 Å². The summed E-state index contributed by atoms with van der Waals surface area (Å²) in [6, 6.07) is 28.0. The van der Waals surface area contributed by atoms with Gasteiger partial charge >= 0.3 is 0 Å². The number of aromatic nitrogens is 1. The summed E-state index contributed by atoms with van der Waals surface area (Å²) in [5.41, 5.74) is 6.37. The summed E-state index contributed by atoms with van der Waals surface area (Å²) in [4.78, 5) is 7.40. The van der Waals surface area contributed by atoms with Gasteiger partial charge in [0.15, 0.2) is 4.93 Å². The molecule has 7 rings (SSSR count). The van der Waals surface area contributed by atoms with E-state index in [1.807, 2.05) is 30.6 Å². The van der Waals surface area contributed by atoms with Gasteiger partial charge in [0.25, 0.3) is 0 Å². The van der Waals surface area contributed by atoms with Gasteiger partial charge in [-0.15, -0.1) is 23.1 Å². The highest BCUT2D eigenvalue weighted by atomic mass is 32.2. The van der Waals surface area contributed by atoms with E-state index in [4.69, 9.17) is 9.72 Å². The lowest BCUT2D eigenvalue weighted by molar-refractivity contribution is 0.128. The summed E-state index contributed by atoms with van der Waals surface area (Å²) in [5, 5.41) is 2.37. The molecule has 31 heavy (non-hydrogen) atoms. The first-order valence-corrected chi connectivity index (χ1v) is 12.7. The molecule has 0 saturated heterocycles. The second-order valence-electron chi connectivity index (χ2n) is 7.82. The molecule has 2 nitrogen and oxygen atoms in total. The molecule has 0 spiro atoms. The Morgan fingerprint density at radius 2 is 1.55 bits per heavy atom. The smallest absolute Gasteiger partial charge is 0.161 e. The van der Waals surface area contributed by atoms with Crippen molar-refractivity contribution in [2.45, 2.75) is 20.0 Å². The molecule has 0 bridgehead atoms. The molecule has 1 aromatic heterocycles. The average molecular weight is 456 g/mol. The highest BCUT2D eigenvalue weighted by Gasteiger charge is 2.56. The van der Waals surface area contributed by atoms with E-state index in [2.05, 4.69) is 78.9 Å². The van der Waals surface area contributed by atoms with Crippen molar-refractivity contribution < 1.29 is 4.74 Å². The minimum atomic E-state index is -0.448. The van der Waals surface area contributed by atoms with Crippen molar-refractivity contribution in [2.24, 2.45) is 0 Å². The Hall–Kier alpha value is -2.31. The number of ether oxygens (including phenoxy) is 1. The normalized spacial score (nSPS) is 22.5. The lowest BCUT2D eigenvalue weighted by Gasteiger charge is -2.36. The van der Waals surface area contributed by atoms with Gasteiger partial charge in [-0.25, -0.2) is 4.98 Å². The van der Waals surface area contributed by atoms with Crippen LogP contribution in [0.3, 0.4) is 0 Å². The largest absolute Gasteiger partial charge is 0.361 e. The summed E-state index contributed by atoms with van der Waals surface area (Å²) in [7, 11) is 1.87. The fraction of sp³-hybridized carbons (Fsp3) is 0.115. The Kier molecular flexibility index (Phi) is 3.89. The number of thiazole rings is 1. The second-order valence-corrected chi connectivity index (χ2v) is 11.2. The third-order valence-corrected chi connectivity index (χ3v) is 10.4.